The largest absolute Gasteiger partial charge is 0.497 e. The Hall–Kier alpha value is -4.32. The minimum absolute atomic E-state index is 0.0141. The number of hydrogen-bond donors (Lipinski definition) is 1. The molecule has 2 amide bonds. The van der Waals surface area contributed by atoms with E-state index in [2.05, 4.69) is 48.5 Å². The lowest BCUT2D eigenvalue weighted by atomic mass is 9.82. The Balaban J connectivity index is 1.33. The number of rotatable bonds is 11. The number of piperidine rings is 1. The van der Waals surface area contributed by atoms with Gasteiger partial charge in [-0.3, -0.25) is 14.3 Å². The molecule has 3 aromatic carbocycles. The number of fused-ring (bicyclic) bond motifs is 2. The Morgan fingerprint density at radius 2 is 1.82 bits per heavy atom. The summed E-state index contributed by atoms with van der Waals surface area (Å²) in [7, 11) is -0.668. The molecule has 262 valence electrons. The molecule has 7 rings (SSSR count). The van der Waals surface area contributed by atoms with Gasteiger partial charge in [-0.25, -0.2) is 0 Å². The van der Waals surface area contributed by atoms with Crippen LogP contribution in [-0.4, -0.2) is 66.4 Å². The van der Waals surface area contributed by atoms with E-state index in [1.807, 2.05) is 75.3 Å². The number of ether oxygens (including phenoxy) is 2. The van der Waals surface area contributed by atoms with E-state index in [0.717, 1.165) is 46.8 Å². The summed E-state index contributed by atoms with van der Waals surface area (Å²) in [5.74, 6) is 0.706. The average molecular weight is 694 g/mol. The first kappa shape index (κ1) is 34.1. The zero-order valence-corrected chi connectivity index (χ0v) is 30.4. The molecule has 0 unspecified atom stereocenters. The highest BCUT2D eigenvalue weighted by Gasteiger charge is 2.66. The molecule has 0 aliphatic carbocycles. The van der Waals surface area contributed by atoms with Gasteiger partial charge in [0.15, 0.2) is 5.60 Å². The van der Waals surface area contributed by atoms with Gasteiger partial charge in [0.2, 0.25) is 5.91 Å². The zero-order valence-electron chi connectivity index (χ0n) is 29.4. The number of methoxy groups -OCH3 is 1. The van der Waals surface area contributed by atoms with Crippen molar-refractivity contribution in [2.45, 2.75) is 82.5 Å². The van der Waals surface area contributed by atoms with Crippen molar-refractivity contribution in [1.82, 2.24) is 15.0 Å². The van der Waals surface area contributed by atoms with Crippen LogP contribution in [0.3, 0.4) is 0 Å². The van der Waals surface area contributed by atoms with Crippen molar-refractivity contribution in [2.75, 3.05) is 30.1 Å². The Labute approximate surface area is 295 Å². The van der Waals surface area contributed by atoms with Crippen LogP contribution in [0.4, 0.5) is 11.4 Å². The molecule has 0 radical (unpaired) electrons. The first-order valence-corrected chi connectivity index (χ1v) is 20.9. The maximum absolute atomic E-state index is 15.2. The third-order valence-corrected chi connectivity index (χ3v) is 15.6. The Morgan fingerprint density at radius 3 is 2.54 bits per heavy atom. The highest BCUT2D eigenvalue weighted by molar-refractivity contribution is 6.91. The number of anilines is 2. The van der Waals surface area contributed by atoms with E-state index in [9.17, 15) is 9.90 Å². The number of amides is 2. The van der Waals surface area contributed by atoms with Gasteiger partial charge in [0.05, 0.1) is 39.2 Å². The molecule has 50 heavy (non-hydrogen) atoms. The molecule has 1 spiro atoms. The van der Waals surface area contributed by atoms with Crippen LogP contribution in [0.2, 0.25) is 18.6 Å². The summed E-state index contributed by atoms with van der Waals surface area (Å²) in [5, 5.41) is 19.3. The van der Waals surface area contributed by atoms with Crippen LogP contribution in [0.15, 0.2) is 79.0 Å². The normalized spacial score (nSPS) is 23.6. The first-order chi connectivity index (χ1) is 24.2. The number of carbonyl (C=O) groups is 2. The summed E-state index contributed by atoms with van der Waals surface area (Å²) in [4.78, 5) is 32.1. The molecule has 3 aliphatic rings. The third-order valence-electron chi connectivity index (χ3n) is 11.2. The van der Waals surface area contributed by atoms with Gasteiger partial charge in [0.25, 0.3) is 5.91 Å². The second-order valence-corrected chi connectivity index (χ2v) is 19.2. The molecule has 2 fully saturated rings. The number of nitrogens with zero attached hydrogens (tertiary/aromatic N) is 5. The maximum atomic E-state index is 15.2. The van der Waals surface area contributed by atoms with Crippen molar-refractivity contribution in [3.05, 3.63) is 95.8 Å². The number of aromatic nitrogens is 3. The van der Waals surface area contributed by atoms with E-state index < -0.39 is 13.7 Å². The monoisotopic (exact) mass is 693 g/mol. The van der Waals surface area contributed by atoms with Crippen LogP contribution in [0, 0.1) is 5.92 Å². The van der Waals surface area contributed by atoms with Gasteiger partial charge in [-0.1, -0.05) is 72.9 Å². The second kappa shape index (κ2) is 13.8. The number of aliphatic hydroxyl groups excluding tert-OH is 1. The molecule has 1 aromatic heterocycles. The molecular formula is C39H47N5O5Si. The highest BCUT2D eigenvalue weighted by Crippen LogP contribution is 2.60. The van der Waals surface area contributed by atoms with Crippen LogP contribution in [-0.2, 0) is 39.4 Å². The topological polar surface area (TPSA) is 110 Å². The highest BCUT2D eigenvalue weighted by atomic mass is 28.3. The fraction of sp³-hybridized carbons (Fsp3) is 0.436. The van der Waals surface area contributed by atoms with Crippen LogP contribution >= 0.6 is 0 Å². The smallest absolute Gasteiger partial charge is 0.264 e. The Kier molecular flexibility index (Phi) is 9.40. The van der Waals surface area contributed by atoms with Gasteiger partial charge in [-0.15, -0.1) is 5.10 Å². The van der Waals surface area contributed by atoms with Crippen LogP contribution in [0.5, 0.6) is 5.75 Å². The van der Waals surface area contributed by atoms with Crippen molar-refractivity contribution in [3.8, 4) is 5.75 Å². The predicted molar refractivity (Wildman–Crippen MR) is 195 cm³/mol. The molecule has 3 aliphatic heterocycles. The Bertz CT molecular complexity index is 1850. The number of carbonyl (C=O) groups excluding carboxylic acids is 2. The van der Waals surface area contributed by atoms with Crippen molar-refractivity contribution >= 4 is 36.4 Å². The van der Waals surface area contributed by atoms with Gasteiger partial charge < -0.3 is 24.4 Å². The van der Waals surface area contributed by atoms with Crippen molar-refractivity contribution in [1.29, 1.82) is 0 Å². The fourth-order valence-corrected chi connectivity index (χ4v) is 12.7. The van der Waals surface area contributed by atoms with Crippen LogP contribution in [0.25, 0.3) is 0 Å². The van der Waals surface area contributed by atoms with Gasteiger partial charge in [-0.2, -0.15) is 0 Å². The predicted octanol–water partition coefficient (Wildman–Crippen LogP) is 5.19. The molecule has 11 heteroatoms. The van der Waals surface area contributed by atoms with Gasteiger partial charge in [0, 0.05) is 55.9 Å². The van der Waals surface area contributed by atoms with Crippen LogP contribution in [0.1, 0.15) is 49.4 Å². The Morgan fingerprint density at radius 1 is 1.04 bits per heavy atom. The number of benzene rings is 3. The summed E-state index contributed by atoms with van der Waals surface area (Å²) >= 11 is 0. The molecule has 1 N–H and O–H groups in total. The third kappa shape index (κ3) is 5.94. The van der Waals surface area contributed by atoms with Crippen molar-refractivity contribution in [3.63, 3.8) is 0 Å². The number of hydrogen-bond acceptors (Lipinski definition) is 7. The van der Waals surface area contributed by atoms with Crippen LogP contribution < -0.4 is 19.7 Å². The molecule has 4 aromatic rings. The lowest BCUT2D eigenvalue weighted by molar-refractivity contribution is -0.146. The fourth-order valence-electron chi connectivity index (χ4n) is 8.68. The molecular weight excluding hydrogens is 647 g/mol. The molecule has 2 saturated heterocycles. The lowest BCUT2D eigenvalue weighted by Crippen LogP contribution is -2.51. The SMILES string of the molecule is COc1ccc([Si](C)(C)[C@H]2[C@H](CCn3cc(CCO)nn3)O[C@@]3(C(=O)N(Cc4ccccc4)c4ccc(N5CCCCC5=O)cc43)[C@@H]2C)cc1. The molecule has 4 heterocycles. The van der Waals surface area contributed by atoms with Crippen molar-refractivity contribution in [2.24, 2.45) is 5.92 Å². The summed E-state index contributed by atoms with van der Waals surface area (Å²) < 4.78 is 14.7. The molecule has 0 bridgehead atoms. The van der Waals surface area contributed by atoms with E-state index in [1.165, 1.54) is 5.19 Å². The number of aliphatic hydroxyl groups is 1. The van der Waals surface area contributed by atoms with Gasteiger partial charge >= 0.3 is 0 Å². The average Bonchev–Trinajstić information content (AvgIpc) is 3.78. The van der Waals surface area contributed by atoms with E-state index in [-0.39, 0.29) is 36.0 Å². The lowest BCUT2D eigenvalue weighted by Gasteiger charge is -2.37. The van der Waals surface area contributed by atoms with Gasteiger partial charge in [-0.05, 0) is 60.7 Å². The quantitative estimate of drug-likeness (QED) is 0.216. The molecule has 0 saturated carbocycles. The summed E-state index contributed by atoms with van der Waals surface area (Å²) in [6.45, 7) is 8.63. The minimum Gasteiger partial charge on any atom is -0.497 e. The summed E-state index contributed by atoms with van der Waals surface area (Å²) in [6, 6.07) is 24.5. The van der Waals surface area contributed by atoms with E-state index >= 15 is 4.79 Å². The molecule has 10 nitrogen and oxygen atoms in total. The van der Waals surface area contributed by atoms with E-state index in [0.29, 0.717) is 38.9 Å². The minimum atomic E-state index is -2.35. The molecule has 4 atom stereocenters. The first-order valence-electron chi connectivity index (χ1n) is 17.8. The summed E-state index contributed by atoms with van der Waals surface area (Å²) in [6.07, 6.45) is 5.09. The van der Waals surface area contributed by atoms with E-state index in [4.69, 9.17) is 9.47 Å². The zero-order chi connectivity index (χ0) is 35.0. The maximum Gasteiger partial charge on any atom is 0.264 e. The van der Waals surface area contributed by atoms with Crippen molar-refractivity contribution < 1.29 is 24.2 Å². The second-order valence-electron chi connectivity index (χ2n) is 14.5. The standard InChI is InChI=1S/C39H47N5O5Si/c1-27-37(50(3,4)32-16-14-31(48-2)15-17-32)35(19-22-42-26-29(20-23-45)40-41-42)49-39(27)33-24-30(43-21-9-8-12-36(43)46)13-18-34(33)44(38(39)47)25-28-10-6-5-7-11-28/h5-7,10-11,13-18,24,26-27,35,37,45H,8-9,12,19-23,25H2,1-4H3/t27-,35+,37-,39+/m1/s1. The van der Waals surface area contributed by atoms with Gasteiger partial charge in [0.1, 0.15) is 5.75 Å². The summed E-state index contributed by atoms with van der Waals surface area (Å²) in [5.41, 5.74) is 3.12. The van der Waals surface area contributed by atoms with E-state index in [1.54, 1.807) is 7.11 Å². The number of aryl methyl sites for hydroxylation is 1.